The molecule has 0 bridgehead atoms. The Labute approximate surface area is 126 Å². The van der Waals surface area contributed by atoms with Crippen LogP contribution in [0, 0.1) is 11.8 Å². The highest BCUT2D eigenvalue weighted by atomic mass is 79.9. The van der Waals surface area contributed by atoms with Gasteiger partial charge in [-0.05, 0) is 24.6 Å². The fraction of sp³-hybridized carbons (Fsp3) is 0.429. The molecule has 1 saturated carbocycles. The maximum Gasteiger partial charge on any atom is 0.228 e. The van der Waals surface area contributed by atoms with Gasteiger partial charge in [0.05, 0.1) is 18.4 Å². The fourth-order valence-corrected chi connectivity index (χ4v) is 2.38. The van der Waals surface area contributed by atoms with Gasteiger partial charge in [0.25, 0.3) is 0 Å². The van der Waals surface area contributed by atoms with Crippen molar-refractivity contribution in [3.05, 3.63) is 28.7 Å². The molecule has 2 atom stereocenters. The number of hydrogen-bond acceptors (Lipinski definition) is 3. The van der Waals surface area contributed by atoms with Gasteiger partial charge in [0.1, 0.15) is 0 Å². The molecule has 1 aliphatic carbocycles. The van der Waals surface area contributed by atoms with Crippen molar-refractivity contribution in [3.63, 3.8) is 0 Å². The summed E-state index contributed by atoms with van der Waals surface area (Å²) in [5.74, 6) is -0.609. The summed E-state index contributed by atoms with van der Waals surface area (Å²) in [6, 6.07) is 7.38. The Balaban J connectivity index is 1.79. The summed E-state index contributed by atoms with van der Waals surface area (Å²) in [6.45, 7) is 0.958. The molecule has 2 N–H and O–H groups in total. The molecular weight excluding hydrogens is 324 g/mol. The van der Waals surface area contributed by atoms with E-state index in [4.69, 9.17) is 4.74 Å². The SMILES string of the molecule is COCCNC(=O)C1CC1C(=O)Nc1cccc(Br)c1. The lowest BCUT2D eigenvalue weighted by atomic mass is 10.2. The first-order chi connectivity index (χ1) is 9.61. The van der Waals surface area contributed by atoms with Crippen molar-refractivity contribution >= 4 is 33.4 Å². The van der Waals surface area contributed by atoms with Crippen LogP contribution in [0.4, 0.5) is 5.69 Å². The zero-order valence-electron chi connectivity index (χ0n) is 11.2. The molecule has 0 aliphatic heterocycles. The van der Waals surface area contributed by atoms with Crippen molar-refractivity contribution in [2.24, 2.45) is 11.8 Å². The summed E-state index contributed by atoms with van der Waals surface area (Å²) in [5, 5.41) is 5.58. The first-order valence-corrected chi connectivity index (χ1v) is 7.24. The van der Waals surface area contributed by atoms with Crippen LogP contribution in [0.1, 0.15) is 6.42 Å². The Hall–Kier alpha value is -1.40. The third-order valence-corrected chi connectivity index (χ3v) is 3.65. The maximum atomic E-state index is 12.0. The van der Waals surface area contributed by atoms with Gasteiger partial charge in [0.15, 0.2) is 0 Å². The highest BCUT2D eigenvalue weighted by Gasteiger charge is 2.47. The molecule has 0 heterocycles. The summed E-state index contributed by atoms with van der Waals surface area (Å²) >= 11 is 3.35. The number of carbonyl (C=O) groups is 2. The second-order valence-corrected chi connectivity index (χ2v) is 5.65. The molecule has 2 amide bonds. The molecule has 0 spiro atoms. The van der Waals surface area contributed by atoms with E-state index in [1.165, 1.54) is 0 Å². The number of hydrogen-bond donors (Lipinski definition) is 2. The van der Waals surface area contributed by atoms with Crippen LogP contribution in [-0.4, -0.2) is 32.1 Å². The summed E-state index contributed by atoms with van der Waals surface area (Å²) in [7, 11) is 1.58. The van der Waals surface area contributed by atoms with Crippen LogP contribution < -0.4 is 10.6 Å². The Morgan fingerprint density at radius 3 is 2.80 bits per heavy atom. The van der Waals surface area contributed by atoms with Crippen molar-refractivity contribution in [1.29, 1.82) is 0 Å². The number of anilines is 1. The van der Waals surface area contributed by atoms with Crippen molar-refractivity contribution in [3.8, 4) is 0 Å². The van der Waals surface area contributed by atoms with Gasteiger partial charge in [-0.2, -0.15) is 0 Å². The average Bonchev–Trinajstić information content (AvgIpc) is 3.19. The molecular formula is C14H17BrN2O3. The van der Waals surface area contributed by atoms with Crippen LogP contribution in [0.3, 0.4) is 0 Å². The van der Waals surface area contributed by atoms with E-state index < -0.39 is 0 Å². The molecule has 1 aromatic rings. The minimum atomic E-state index is -0.225. The standard InChI is InChI=1S/C14H17BrN2O3/c1-20-6-5-16-13(18)11-8-12(11)14(19)17-10-4-2-3-9(15)7-10/h2-4,7,11-12H,5-6,8H2,1H3,(H,16,18)(H,17,19). The van der Waals surface area contributed by atoms with E-state index in [-0.39, 0.29) is 23.7 Å². The van der Waals surface area contributed by atoms with Gasteiger partial charge in [-0.3, -0.25) is 9.59 Å². The predicted octanol–water partition coefficient (Wildman–Crippen LogP) is 1.79. The largest absolute Gasteiger partial charge is 0.383 e. The molecule has 0 saturated heterocycles. The topological polar surface area (TPSA) is 67.4 Å². The van der Waals surface area contributed by atoms with Crippen LogP contribution >= 0.6 is 15.9 Å². The number of halogens is 1. The molecule has 1 aliphatic rings. The van der Waals surface area contributed by atoms with E-state index in [1.54, 1.807) is 7.11 Å². The average molecular weight is 341 g/mol. The van der Waals surface area contributed by atoms with Gasteiger partial charge >= 0.3 is 0 Å². The first-order valence-electron chi connectivity index (χ1n) is 6.45. The second-order valence-electron chi connectivity index (χ2n) is 4.73. The lowest BCUT2D eigenvalue weighted by Crippen LogP contribution is -2.30. The van der Waals surface area contributed by atoms with Crippen LogP contribution in [0.15, 0.2) is 28.7 Å². The zero-order valence-corrected chi connectivity index (χ0v) is 12.8. The second kappa shape index (κ2) is 6.85. The van der Waals surface area contributed by atoms with Crippen molar-refractivity contribution < 1.29 is 14.3 Å². The first kappa shape index (κ1) is 15.0. The van der Waals surface area contributed by atoms with Crippen LogP contribution in [0.2, 0.25) is 0 Å². The number of benzene rings is 1. The number of ether oxygens (including phenoxy) is 1. The van der Waals surface area contributed by atoms with Gasteiger partial charge in [-0.1, -0.05) is 22.0 Å². The number of rotatable bonds is 6. The van der Waals surface area contributed by atoms with Gasteiger partial charge in [-0.25, -0.2) is 0 Å². The lowest BCUT2D eigenvalue weighted by Gasteiger charge is -2.06. The quantitative estimate of drug-likeness (QED) is 0.776. The summed E-state index contributed by atoms with van der Waals surface area (Å²) in [4.78, 5) is 23.7. The molecule has 0 radical (unpaired) electrons. The van der Waals surface area contributed by atoms with Gasteiger partial charge in [-0.15, -0.1) is 0 Å². The summed E-state index contributed by atoms with van der Waals surface area (Å²) in [5.41, 5.74) is 0.731. The molecule has 1 aromatic carbocycles. The fourth-order valence-electron chi connectivity index (χ4n) is 1.98. The van der Waals surface area contributed by atoms with Crippen LogP contribution in [0.25, 0.3) is 0 Å². The molecule has 0 aromatic heterocycles. The number of methoxy groups -OCH3 is 1. The van der Waals surface area contributed by atoms with E-state index in [9.17, 15) is 9.59 Å². The molecule has 2 rings (SSSR count). The minimum absolute atomic E-state index is 0.0727. The highest BCUT2D eigenvalue weighted by Crippen LogP contribution is 2.39. The molecule has 108 valence electrons. The Morgan fingerprint density at radius 1 is 1.35 bits per heavy atom. The normalized spacial score (nSPS) is 20.3. The van der Waals surface area contributed by atoms with E-state index in [1.807, 2.05) is 24.3 Å². The molecule has 6 heteroatoms. The smallest absolute Gasteiger partial charge is 0.228 e. The van der Waals surface area contributed by atoms with Crippen LogP contribution in [-0.2, 0) is 14.3 Å². The van der Waals surface area contributed by atoms with Crippen LogP contribution in [0.5, 0.6) is 0 Å². The summed E-state index contributed by atoms with van der Waals surface area (Å²) in [6.07, 6.45) is 0.610. The maximum absolute atomic E-state index is 12.0. The number of nitrogens with one attached hydrogen (secondary N) is 2. The zero-order chi connectivity index (χ0) is 14.5. The predicted molar refractivity (Wildman–Crippen MR) is 79.3 cm³/mol. The monoisotopic (exact) mass is 340 g/mol. The Kier molecular flexibility index (Phi) is 5.14. The van der Waals surface area contributed by atoms with E-state index >= 15 is 0 Å². The van der Waals surface area contributed by atoms with Crippen molar-refractivity contribution in [1.82, 2.24) is 5.32 Å². The van der Waals surface area contributed by atoms with Crippen molar-refractivity contribution in [2.75, 3.05) is 25.6 Å². The molecule has 2 unspecified atom stereocenters. The molecule has 5 nitrogen and oxygen atoms in total. The van der Waals surface area contributed by atoms with Gasteiger partial charge < -0.3 is 15.4 Å². The van der Waals surface area contributed by atoms with Crippen molar-refractivity contribution in [2.45, 2.75) is 6.42 Å². The lowest BCUT2D eigenvalue weighted by molar-refractivity contribution is -0.125. The van der Waals surface area contributed by atoms with E-state index in [0.717, 1.165) is 10.2 Å². The Bertz CT molecular complexity index is 507. The third-order valence-electron chi connectivity index (χ3n) is 3.16. The minimum Gasteiger partial charge on any atom is -0.383 e. The Morgan fingerprint density at radius 2 is 2.10 bits per heavy atom. The third kappa shape index (κ3) is 4.05. The number of amides is 2. The molecule has 20 heavy (non-hydrogen) atoms. The molecule has 1 fully saturated rings. The number of carbonyl (C=O) groups excluding carboxylic acids is 2. The van der Waals surface area contributed by atoms with Gasteiger partial charge in [0.2, 0.25) is 11.8 Å². The highest BCUT2D eigenvalue weighted by molar-refractivity contribution is 9.10. The van der Waals surface area contributed by atoms with E-state index in [0.29, 0.717) is 19.6 Å². The van der Waals surface area contributed by atoms with Gasteiger partial charge in [0, 0.05) is 23.8 Å². The summed E-state index contributed by atoms with van der Waals surface area (Å²) < 4.78 is 5.76. The van der Waals surface area contributed by atoms with E-state index in [2.05, 4.69) is 26.6 Å².